The van der Waals surface area contributed by atoms with E-state index >= 15 is 0 Å². The number of aryl methyl sites for hydroxylation is 1. The predicted molar refractivity (Wildman–Crippen MR) is 94.2 cm³/mol. The number of ether oxygens (including phenoxy) is 1. The van der Waals surface area contributed by atoms with Crippen LogP contribution in [0.15, 0.2) is 34.0 Å². The third-order valence-electron chi connectivity index (χ3n) is 3.69. The molecule has 2 aromatic rings. The van der Waals surface area contributed by atoms with Gasteiger partial charge >= 0.3 is 0 Å². The molecule has 0 radical (unpaired) electrons. The third kappa shape index (κ3) is 4.34. The molecule has 0 aliphatic carbocycles. The summed E-state index contributed by atoms with van der Waals surface area (Å²) in [5.41, 5.74) is 3.02. The van der Waals surface area contributed by atoms with Crippen LogP contribution >= 0.6 is 23.1 Å². The number of thioether (sulfide) groups is 1. The van der Waals surface area contributed by atoms with Crippen molar-refractivity contribution >= 4 is 29.0 Å². The van der Waals surface area contributed by atoms with Crippen LogP contribution in [0.5, 0.6) is 0 Å². The third-order valence-corrected chi connectivity index (χ3v) is 5.90. The first-order chi connectivity index (χ1) is 11.1. The minimum absolute atomic E-state index is 0.0925. The summed E-state index contributed by atoms with van der Waals surface area (Å²) in [4.78, 5) is 18.8. The first kappa shape index (κ1) is 16.5. The van der Waals surface area contributed by atoms with Crippen LogP contribution in [0.3, 0.4) is 0 Å². The molecule has 1 fully saturated rings. The van der Waals surface area contributed by atoms with Gasteiger partial charge in [0.25, 0.3) is 5.91 Å². The molecule has 23 heavy (non-hydrogen) atoms. The Morgan fingerprint density at radius 3 is 2.87 bits per heavy atom. The van der Waals surface area contributed by atoms with Crippen molar-refractivity contribution in [1.82, 2.24) is 9.88 Å². The molecule has 0 bridgehead atoms. The highest BCUT2D eigenvalue weighted by molar-refractivity contribution is 8.00. The second-order valence-electron chi connectivity index (χ2n) is 5.67. The van der Waals surface area contributed by atoms with E-state index in [1.165, 1.54) is 5.56 Å². The van der Waals surface area contributed by atoms with Crippen LogP contribution in [0.4, 0.5) is 0 Å². The molecule has 0 saturated carbocycles. The first-order valence-electron chi connectivity index (χ1n) is 7.66. The Hall–Kier alpha value is -1.37. The normalized spacial score (nSPS) is 18.2. The summed E-state index contributed by atoms with van der Waals surface area (Å²) < 4.78 is 6.58. The summed E-state index contributed by atoms with van der Waals surface area (Å²) in [5, 5.41) is 2.06. The minimum Gasteiger partial charge on any atom is -0.375 e. The van der Waals surface area contributed by atoms with Gasteiger partial charge in [0, 0.05) is 35.5 Å². The molecular weight excluding hydrogens is 328 g/mol. The quantitative estimate of drug-likeness (QED) is 0.792. The summed E-state index contributed by atoms with van der Waals surface area (Å²) in [7, 11) is 0. The van der Waals surface area contributed by atoms with E-state index in [1.54, 1.807) is 23.1 Å². The lowest BCUT2D eigenvalue weighted by molar-refractivity contribution is -0.0124. The van der Waals surface area contributed by atoms with E-state index < -0.39 is 0 Å². The molecule has 122 valence electrons. The van der Waals surface area contributed by atoms with Crippen molar-refractivity contribution in [3.8, 4) is 0 Å². The van der Waals surface area contributed by atoms with Gasteiger partial charge in [-0.25, -0.2) is 4.98 Å². The number of nitrogens with zero attached hydrogens (tertiary/aromatic N) is 2. The van der Waals surface area contributed by atoms with Crippen molar-refractivity contribution in [2.24, 2.45) is 0 Å². The Bertz CT molecular complexity index is 669. The monoisotopic (exact) mass is 348 g/mol. The Kier molecular flexibility index (Phi) is 5.35. The SMILES string of the molecule is Cc1csc(SCc2ccc(C(=O)N3CCO[C@H](C)C3)cc2)n1. The van der Waals surface area contributed by atoms with E-state index in [0.29, 0.717) is 19.7 Å². The number of rotatable bonds is 4. The molecule has 1 aliphatic heterocycles. The molecule has 0 N–H and O–H groups in total. The minimum atomic E-state index is 0.0925. The standard InChI is InChI=1S/C17H20N2O2S2/c1-12-10-22-17(18-12)23-11-14-3-5-15(6-4-14)16(20)19-7-8-21-13(2)9-19/h3-6,10,13H,7-9,11H2,1-2H3/t13-/m1/s1. The number of benzene rings is 1. The Morgan fingerprint density at radius 1 is 1.43 bits per heavy atom. The summed E-state index contributed by atoms with van der Waals surface area (Å²) in [6, 6.07) is 7.91. The van der Waals surface area contributed by atoms with Gasteiger partial charge in [-0.3, -0.25) is 4.79 Å². The van der Waals surface area contributed by atoms with E-state index in [2.05, 4.69) is 10.4 Å². The van der Waals surface area contributed by atoms with Gasteiger partial charge in [0.2, 0.25) is 0 Å². The molecule has 4 nitrogen and oxygen atoms in total. The number of carbonyl (C=O) groups is 1. The fraction of sp³-hybridized carbons (Fsp3) is 0.412. The van der Waals surface area contributed by atoms with Crippen LogP contribution in [-0.2, 0) is 10.5 Å². The van der Waals surface area contributed by atoms with Crippen molar-refractivity contribution in [2.75, 3.05) is 19.7 Å². The van der Waals surface area contributed by atoms with Crippen molar-refractivity contribution in [3.05, 3.63) is 46.5 Å². The number of hydrogen-bond acceptors (Lipinski definition) is 5. The highest BCUT2D eigenvalue weighted by Crippen LogP contribution is 2.26. The number of aromatic nitrogens is 1. The van der Waals surface area contributed by atoms with Gasteiger partial charge in [0.15, 0.2) is 0 Å². The maximum absolute atomic E-state index is 12.5. The second-order valence-corrected chi connectivity index (χ2v) is 7.75. The first-order valence-corrected chi connectivity index (χ1v) is 9.53. The fourth-order valence-corrected chi connectivity index (χ4v) is 4.28. The maximum atomic E-state index is 12.5. The summed E-state index contributed by atoms with van der Waals surface area (Å²) in [5.74, 6) is 0.964. The van der Waals surface area contributed by atoms with E-state index in [4.69, 9.17) is 4.74 Å². The Labute approximate surface area is 144 Å². The van der Waals surface area contributed by atoms with Crippen molar-refractivity contribution in [2.45, 2.75) is 30.0 Å². The van der Waals surface area contributed by atoms with Crippen molar-refractivity contribution in [1.29, 1.82) is 0 Å². The van der Waals surface area contributed by atoms with Gasteiger partial charge in [-0.2, -0.15) is 0 Å². The predicted octanol–water partition coefficient (Wildman–Crippen LogP) is 3.60. The van der Waals surface area contributed by atoms with Crippen LogP contribution < -0.4 is 0 Å². The molecule has 1 amide bonds. The van der Waals surface area contributed by atoms with Crippen LogP contribution in [0.2, 0.25) is 0 Å². The van der Waals surface area contributed by atoms with Gasteiger partial charge in [-0.1, -0.05) is 23.9 Å². The van der Waals surface area contributed by atoms with Gasteiger partial charge in [-0.15, -0.1) is 11.3 Å². The molecule has 1 aliphatic rings. The lowest BCUT2D eigenvalue weighted by Crippen LogP contribution is -2.44. The fourth-order valence-electron chi connectivity index (χ4n) is 2.47. The molecule has 6 heteroatoms. The average Bonchev–Trinajstić information content (AvgIpc) is 2.98. The second kappa shape index (κ2) is 7.47. The summed E-state index contributed by atoms with van der Waals surface area (Å²) in [6.45, 7) is 5.96. The van der Waals surface area contributed by atoms with Crippen molar-refractivity contribution < 1.29 is 9.53 Å². The van der Waals surface area contributed by atoms with E-state index in [1.807, 2.05) is 43.0 Å². The topological polar surface area (TPSA) is 42.4 Å². The molecule has 1 saturated heterocycles. The van der Waals surface area contributed by atoms with Crippen molar-refractivity contribution in [3.63, 3.8) is 0 Å². The maximum Gasteiger partial charge on any atom is 0.254 e. The van der Waals surface area contributed by atoms with Crippen LogP contribution in [0.1, 0.15) is 28.5 Å². The molecule has 0 unspecified atom stereocenters. The zero-order valence-corrected chi connectivity index (χ0v) is 15.0. The lowest BCUT2D eigenvalue weighted by atomic mass is 10.1. The number of thiazole rings is 1. The van der Waals surface area contributed by atoms with E-state index in [-0.39, 0.29) is 12.0 Å². The van der Waals surface area contributed by atoms with Gasteiger partial charge < -0.3 is 9.64 Å². The Morgan fingerprint density at radius 2 is 2.22 bits per heavy atom. The molecular formula is C17H20N2O2S2. The van der Waals surface area contributed by atoms with Crippen LogP contribution in [-0.4, -0.2) is 41.6 Å². The number of carbonyl (C=O) groups excluding carboxylic acids is 1. The number of amides is 1. The number of morpholine rings is 1. The zero-order valence-electron chi connectivity index (χ0n) is 13.3. The number of hydrogen-bond donors (Lipinski definition) is 0. The molecule has 2 heterocycles. The highest BCUT2D eigenvalue weighted by Gasteiger charge is 2.22. The van der Waals surface area contributed by atoms with Gasteiger partial charge in [0.05, 0.1) is 12.7 Å². The smallest absolute Gasteiger partial charge is 0.254 e. The Balaban J connectivity index is 1.59. The molecule has 3 rings (SSSR count). The van der Waals surface area contributed by atoms with Crippen LogP contribution in [0, 0.1) is 6.92 Å². The van der Waals surface area contributed by atoms with E-state index in [0.717, 1.165) is 21.3 Å². The van der Waals surface area contributed by atoms with Gasteiger partial charge in [-0.05, 0) is 31.5 Å². The molecule has 0 spiro atoms. The zero-order chi connectivity index (χ0) is 16.2. The van der Waals surface area contributed by atoms with E-state index in [9.17, 15) is 4.79 Å². The largest absolute Gasteiger partial charge is 0.375 e. The average molecular weight is 348 g/mol. The van der Waals surface area contributed by atoms with Gasteiger partial charge in [0.1, 0.15) is 4.34 Å². The summed E-state index contributed by atoms with van der Waals surface area (Å²) in [6.07, 6.45) is 0.116. The van der Waals surface area contributed by atoms with Crippen LogP contribution in [0.25, 0.3) is 0 Å². The molecule has 1 aromatic heterocycles. The molecule has 1 aromatic carbocycles. The highest BCUT2D eigenvalue weighted by atomic mass is 32.2. The lowest BCUT2D eigenvalue weighted by Gasteiger charge is -2.31. The summed E-state index contributed by atoms with van der Waals surface area (Å²) >= 11 is 3.41. The molecule has 1 atom stereocenters.